The molecule has 0 radical (unpaired) electrons. The number of anilines is 2. The Kier molecular flexibility index (Phi) is 5.13. The Morgan fingerprint density at radius 1 is 1.11 bits per heavy atom. The second-order valence-corrected chi connectivity index (χ2v) is 11.7. The molecule has 186 valence electrons. The average molecular weight is 483 g/mol. The van der Waals surface area contributed by atoms with E-state index in [0.717, 1.165) is 48.5 Å². The number of fused-ring (bicyclic) bond motifs is 2. The molecule has 3 aromatic heterocycles. The Bertz CT molecular complexity index is 1530. The van der Waals surface area contributed by atoms with Gasteiger partial charge in [0.1, 0.15) is 5.82 Å². The summed E-state index contributed by atoms with van der Waals surface area (Å²) in [4.78, 5) is 23.0. The highest BCUT2D eigenvalue weighted by molar-refractivity contribution is 5.82. The van der Waals surface area contributed by atoms with Gasteiger partial charge >= 0.3 is 0 Å². The molecule has 1 fully saturated rings. The topological polar surface area (TPSA) is 76.8 Å². The summed E-state index contributed by atoms with van der Waals surface area (Å²) in [7, 11) is 0. The van der Waals surface area contributed by atoms with E-state index in [9.17, 15) is 4.79 Å². The molecule has 1 aromatic carbocycles. The largest absolute Gasteiger partial charge is 0.340 e. The minimum absolute atomic E-state index is 0.00183. The Hall–Kier alpha value is -3.45. The molecule has 0 atom stereocenters. The van der Waals surface area contributed by atoms with Crippen LogP contribution in [0.15, 0.2) is 53.5 Å². The summed E-state index contributed by atoms with van der Waals surface area (Å²) in [5.41, 5.74) is 5.39. The van der Waals surface area contributed by atoms with Crippen molar-refractivity contribution in [1.29, 1.82) is 0 Å². The summed E-state index contributed by atoms with van der Waals surface area (Å²) < 4.78 is 3.87. The van der Waals surface area contributed by atoms with Crippen molar-refractivity contribution >= 4 is 22.4 Å². The van der Waals surface area contributed by atoms with Crippen LogP contribution in [0.1, 0.15) is 70.3 Å². The van der Waals surface area contributed by atoms with Crippen molar-refractivity contribution in [2.24, 2.45) is 0 Å². The molecule has 1 saturated carbocycles. The Morgan fingerprint density at radius 2 is 1.92 bits per heavy atom. The zero-order chi connectivity index (χ0) is 25.2. The average Bonchev–Trinajstić information content (AvgIpc) is 3.62. The van der Waals surface area contributed by atoms with Gasteiger partial charge in [0.05, 0.1) is 16.9 Å². The maximum absolute atomic E-state index is 13.4. The highest BCUT2D eigenvalue weighted by Crippen LogP contribution is 2.36. The number of nitrogens with zero attached hydrogens (tertiary/aromatic N) is 4. The second-order valence-electron chi connectivity index (χ2n) is 11.7. The van der Waals surface area contributed by atoms with Gasteiger partial charge in [-0.3, -0.25) is 4.79 Å². The lowest BCUT2D eigenvalue weighted by Gasteiger charge is -2.34. The predicted octanol–water partition coefficient (Wildman–Crippen LogP) is 5.34. The van der Waals surface area contributed by atoms with Crippen molar-refractivity contribution in [3.8, 4) is 5.82 Å². The van der Waals surface area contributed by atoms with E-state index in [1.807, 2.05) is 27.6 Å². The second kappa shape index (κ2) is 8.03. The van der Waals surface area contributed by atoms with Crippen molar-refractivity contribution in [1.82, 2.24) is 24.6 Å². The van der Waals surface area contributed by atoms with Gasteiger partial charge in [0.2, 0.25) is 0 Å². The number of benzene rings is 1. The summed E-state index contributed by atoms with van der Waals surface area (Å²) in [5, 5.41) is 7.69. The van der Waals surface area contributed by atoms with Crippen molar-refractivity contribution in [3.63, 3.8) is 0 Å². The molecule has 1 aliphatic carbocycles. The van der Waals surface area contributed by atoms with Crippen LogP contribution >= 0.6 is 0 Å². The first-order valence-corrected chi connectivity index (χ1v) is 12.9. The summed E-state index contributed by atoms with van der Waals surface area (Å²) in [6, 6.07) is 14.8. The van der Waals surface area contributed by atoms with Crippen LogP contribution < -0.4 is 16.2 Å². The Balaban J connectivity index is 1.45. The van der Waals surface area contributed by atoms with Crippen LogP contribution in [0.4, 0.5) is 11.5 Å². The van der Waals surface area contributed by atoms with Crippen LogP contribution in [0.3, 0.4) is 0 Å². The lowest BCUT2D eigenvalue weighted by Crippen LogP contribution is -2.42. The Labute approximate surface area is 211 Å². The van der Waals surface area contributed by atoms with Gasteiger partial charge in [-0.15, -0.1) is 0 Å². The third-order valence-corrected chi connectivity index (χ3v) is 7.39. The molecular formula is C29H34N6O. The first-order chi connectivity index (χ1) is 17.1. The zero-order valence-corrected chi connectivity index (χ0v) is 21.7. The van der Waals surface area contributed by atoms with E-state index < -0.39 is 0 Å². The maximum atomic E-state index is 13.4. The monoisotopic (exact) mass is 482 g/mol. The van der Waals surface area contributed by atoms with Gasteiger partial charge in [0.25, 0.3) is 5.56 Å². The highest BCUT2D eigenvalue weighted by atomic mass is 16.1. The standard InChI is InChI=1S/C29H34N6O/c1-28(2,3)24-7-6-8-26(33-24)35-23-16-25(30-17-21(23)27(36)34(35)20-10-11-20)32-19-9-12-22-18(15-19)13-14-31-29(22,4)5/h6-9,12,15-17,20,31H,10-11,13-14H2,1-5H3,(H,30,32). The van der Waals surface area contributed by atoms with Gasteiger partial charge in [-0.2, -0.15) is 0 Å². The number of hydrogen-bond acceptors (Lipinski definition) is 5. The zero-order valence-electron chi connectivity index (χ0n) is 21.7. The summed E-state index contributed by atoms with van der Waals surface area (Å²) >= 11 is 0. The van der Waals surface area contributed by atoms with Gasteiger partial charge in [-0.25, -0.2) is 19.3 Å². The fraction of sp³-hybridized carbons (Fsp3) is 0.414. The fourth-order valence-corrected chi connectivity index (χ4v) is 5.27. The molecule has 0 unspecified atom stereocenters. The highest BCUT2D eigenvalue weighted by Gasteiger charge is 2.31. The summed E-state index contributed by atoms with van der Waals surface area (Å²) in [5.74, 6) is 1.48. The van der Waals surface area contributed by atoms with Gasteiger partial charge in [-0.05, 0) is 75.0 Å². The van der Waals surface area contributed by atoms with E-state index in [-0.39, 0.29) is 22.6 Å². The first kappa shape index (κ1) is 23.0. The van der Waals surface area contributed by atoms with Crippen LogP contribution in [-0.2, 0) is 17.4 Å². The minimum Gasteiger partial charge on any atom is -0.340 e. The molecule has 6 rings (SSSR count). The van der Waals surface area contributed by atoms with Crippen LogP contribution in [0.25, 0.3) is 16.7 Å². The maximum Gasteiger partial charge on any atom is 0.276 e. The van der Waals surface area contributed by atoms with E-state index in [4.69, 9.17) is 4.98 Å². The molecule has 4 aromatic rings. The molecular weight excluding hydrogens is 448 g/mol. The number of hydrogen-bond donors (Lipinski definition) is 2. The van der Waals surface area contributed by atoms with Crippen LogP contribution in [0.5, 0.6) is 0 Å². The normalized spacial score (nSPS) is 17.2. The summed E-state index contributed by atoms with van der Waals surface area (Å²) in [6.07, 6.45) is 4.72. The lowest BCUT2D eigenvalue weighted by molar-refractivity contribution is 0.382. The number of nitrogens with one attached hydrogen (secondary N) is 2. The Morgan fingerprint density at radius 3 is 2.67 bits per heavy atom. The fourth-order valence-electron chi connectivity index (χ4n) is 5.27. The van der Waals surface area contributed by atoms with Crippen LogP contribution in [0.2, 0.25) is 0 Å². The molecule has 2 N–H and O–H groups in total. The quantitative estimate of drug-likeness (QED) is 0.411. The number of rotatable bonds is 4. The van der Waals surface area contributed by atoms with Gasteiger partial charge < -0.3 is 10.6 Å². The molecule has 0 amide bonds. The molecule has 36 heavy (non-hydrogen) atoms. The molecule has 0 spiro atoms. The molecule has 1 aliphatic heterocycles. The van der Waals surface area contributed by atoms with E-state index in [2.05, 4.69) is 74.5 Å². The first-order valence-electron chi connectivity index (χ1n) is 12.9. The van der Waals surface area contributed by atoms with E-state index >= 15 is 0 Å². The van der Waals surface area contributed by atoms with Crippen molar-refractivity contribution in [2.45, 2.75) is 70.9 Å². The lowest BCUT2D eigenvalue weighted by atomic mass is 9.85. The third kappa shape index (κ3) is 3.91. The number of pyridine rings is 2. The predicted molar refractivity (Wildman–Crippen MR) is 145 cm³/mol. The summed E-state index contributed by atoms with van der Waals surface area (Å²) in [6.45, 7) is 11.9. The molecule has 0 saturated heterocycles. The van der Waals surface area contributed by atoms with Crippen molar-refractivity contribution in [2.75, 3.05) is 11.9 Å². The molecule has 2 aliphatic rings. The van der Waals surface area contributed by atoms with Gasteiger partial charge in [0, 0.05) is 34.6 Å². The molecule has 7 nitrogen and oxygen atoms in total. The van der Waals surface area contributed by atoms with E-state index in [1.54, 1.807) is 6.20 Å². The van der Waals surface area contributed by atoms with Gasteiger partial charge in [0.15, 0.2) is 5.82 Å². The van der Waals surface area contributed by atoms with E-state index in [0.29, 0.717) is 11.2 Å². The third-order valence-electron chi connectivity index (χ3n) is 7.39. The molecule has 7 heteroatoms. The molecule has 4 heterocycles. The SMILES string of the molecule is CC(C)(C)c1cccc(-n2c3cc(Nc4ccc5c(c4)CCNC5(C)C)ncc3c(=O)n2C2CC2)n1. The molecule has 0 bridgehead atoms. The number of aromatic nitrogens is 4. The van der Waals surface area contributed by atoms with Crippen LogP contribution in [0, 0.1) is 0 Å². The minimum atomic E-state index is -0.0888. The van der Waals surface area contributed by atoms with Gasteiger partial charge in [-0.1, -0.05) is 32.9 Å². The van der Waals surface area contributed by atoms with Crippen LogP contribution in [-0.4, -0.2) is 25.9 Å². The van der Waals surface area contributed by atoms with E-state index in [1.165, 1.54) is 11.1 Å². The van der Waals surface area contributed by atoms with Crippen molar-refractivity contribution in [3.05, 3.63) is 75.8 Å². The smallest absolute Gasteiger partial charge is 0.276 e. The van der Waals surface area contributed by atoms with Crippen molar-refractivity contribution < 1.29 is 0 Å².